The lowest BCUT2D eigenvalue weighted by Crippen LogP contribution is -2.13. The fraction of sp³-hybridized carbons (Fsp3) is 0.0714. The Morgan fingerprint density at radius 3 is 2.61 bits per heavy atom. The highest BCUT2D eigenvalue weighted by Crippen LogP contribution is 2.22. The zero-order valence-electron chi connectivity index (χ0n) is 9.91. The molecule has 0 saturated carbocycles. The van der Waals surface area contributed by atoms with Crippen molar-refractivity contribution in [3.8, 4) is 0 Å². The Morgan fingerprint density at radius 2 is 1.94 bits per heavy atom. The Morgan fingerprint density at radius 1 is 1.22 bits per heavy atom. The van der Waals surface area contributed by atoms with E-state index in [1.165, 1.54) is 0 Å². The van der Waals surface area contributed by atoms with E-state index in [4.69, 9.17) is 17.3 Å². The van der Waals surface area contributed by atoms with Gasteiger partial charge in [0.2, 0.25) is 0 Å². The monoisotopic (exact) mass is 260 g/mol. The van der Waals surface area contributed by atoms with Crippen LogP contribution in [-0.2, 0) is 0 Å². The number of hydrogen-bond acceptors (Lipinski definition) is 2. The third-order valence-electron chi connectivity index (χ3n) is 2.62. The molecule has 0 aliphatic carbocycles. The minimum Gasteiger partial charge on any atom is -0.399 e. The first-order valence-corrected chi connectivity index (χ1v) is 5.88. The first kappa shape index (κ1) is 12.5. The second-order valence-electron chi connectivity index (χ2n) is 4.01. The Balaban J connectivity index is 2.25. The molecule has 2 aromatic carbocycles. The van der Waals surface area contributed by atoms with E-state index < -0.39 is 0 Å². The molecule has 3 N–H and O–H groups in total. The lowest BCUT2D eigenvalue weighted by Gasteiger charge is -2.09. The van der Waals surface area contributed by atoms with E-state index in [1.807, 2.05) is 19.1 Å². The molecular formula is C14H13ClN2O. The number of para-hydroxylation sites is 1. The summed E-state index contributed by atoms with van der Waals surface area (Å²) in [5.74, 6) is -0.194. The lowest BCUT2D eigenvalue weighted by atomic mass is 10.1. The molecule has 92 valence electrons. The lowest BCUT2D eigenvalue weighted by molar-refractivity contribution is 0.102. The molecule has 0 saturated heterocycles. The van der Waals surface area contributed by atoms with Gasteiger partial charge in [0.25, 0.3) is 5.91 Å². The van der Waals surface area contributed by atoms with Gasteiger partial charge in [0.05, 0.1) is 10.7 Å². The van der Waals surface area contributed by atoms with Crippen LogP contribution in [0, 0.1) is 6.92 Å². The molecular weight excluding hydrogens is 248 g/mol. The van der Waals surface area contributed by atoms with Gasteiger partial charge in [-0.15, -0.1) is 0 Å². The predicted molar refractivity (Wildman–Crippen MR) is 75.0 cm³/mol. The van der Waals surface area contributed by atoms with Gasteiger partial charge >= 0.3 is 0 Å². The maximum absolute atomic E-state index is 12.1. The zero-order chi connectivity index (χ0) is 13.1. The molecule has 0 radical (unpaired) electrons. The van der Waals surface area contributed by atoms with Gasteiger partial charge < -0.3 is 11.1 Å². The summed E-state index contributed by atoms with van der Waals surface area (Å²) in [5.41, 5.74) is 8.31. The number of carbonyl (C=O) groups is 1. The zero-order valence-corrected chi connectivity index (χ0v) is 10.7. The topological polar surface area (TPSA) is 55.1 Å². The number of amides is 1. The van der Waals surface area contributed by atoms with Crippen LogP contribution in [0.15, 0.2) is 42.5 Å². The number of nitrogens with one attached hydrogen (secondary N) is 1. The van der Waals surface area contributed by atoms with Crippen LogP contribution in [0.5, 0.6) is 0 Å². The quantitative estimate of drug-likeness (QED) is 0.812. The smallest absolute Gasteiger partial charge is 0.255 e. The van der Waals surface area contributed by atoms with Crippen molar-refractivity contribution in [3.05, 3.63) is 58.6 Å². The molecule has 0 fully saturated rings. The average Bonchev–Trinajstić information content (AvgIpc) is 2.32. The van der Waals surface area contributed by atoms with E-state index in [1.54, 1.807) is 30.3 Å². The second-order valence-corrected chi connectivity index (χ2v) is 4.42. The first-order chi connectivity index (χ1) is 8.58. The number of carbonyl (C=O) groups excluding carboxylic acids is 1. The van der Waals surface area contributed by atoms with Crippen molar-refractivity contribution in [3.63, 3.8) is 0 Å². The standard InChI is InChI=1S/C14H13ClN2O/c1-9-8-10(16)6-7-11(9)14(18)17-13-5-3-2-4-12(13)15/h2-8H,16H2,1H3,(H,17,18). The molecule has 4 heteroatoms. The number of nitrogen functional groups attached to an aromatic ring is 1. The molecule has 0 aromatic heterocycles. The summed E-state index contributed by atoms with van der Waals surface area (Å²) < 4.78 is 0. The van der Waals surface area contributed by atoms with Crippen molar-refractivity contribution < 1.29 is 4.79 Å². The highest BCUT2D eigenvalue weighted by Gasteiger charge is 2.10. The molecule has 0 spiro atoms. The minimum absolute atomic E-state index is 0.194. The van der Waals surface area contributed by atoms with Gasteiger partial charge in [0.1, 0.15) is 0 Å². The molecule has 0 aliphatic heterocycles. The number of anilines is 2. The fourth-order valence-corrected chi connectivity index (χ4v) is 1.88. The second kappa shape index (κ2) is 5.10. The summed E-state index contributed by atoms with van der Waals surface area (Å²) in [6, 6.07) is 12.3. The van der Waals surface area contributed by atoms with E-state index in [0.29, 0.717) is 22.0 Å². The predicted octanol–water partition coefficient (Wildman–Crippen LogP) is 3.48. The van der Waals surface area contributed by atoms with Crippen LogP contribution in [0.3, 0.4) is 0 Å². The third-order valence-corrected chi connectivity index (χ3v) is 2.95. The molecule has 0 aliphatic rings. The molecule has 0 atom stereocenters. The van der Waals surface area contributed by atoms with Crippen molar-refractivity contribution in [2.75, 3.05) is 11.1 Å². The summed E-state index contributed by atoms with van der Waals surface area (Å²) in [6.45, 7) is 1.85. The number of hydrogen-bond donors (Lipinski definition) is 2. The Labute approximate surface area is 111 Å². The maximum atomic E-state index is 12.1. The molecule has 0 heterocycles. The van der Waals surface area contributed by atoms with Crippen LogP contribution in [0.1, 0.15) is 15.9 Å². The SMILES string of the molecule is Cc1cc(N)ccc1C(=O)Nc1ccccc1Cl. The van der Waals surface area contributed by atoms with E-state index >= 15 is 0 Å². The van der Waals surface area contributed by atoms with Crippen molar-refractivity contribution in [2.45, 2.75) is 6.92 Å². The molecule has 0 bridgehead atoms. The van der Waals surface area contributed by atoms with Crippen molar-refractivity contribution >= 4 is 28.9 Å². The van der Waals surface area contributed by atoms with Gasteiger partial charge in [-0.25, -0.2) is 0 Å². The summed E-state index contributed by atoms with van der Waals surface area (Å²) in [7, 11) is 0. The van der Waals surface area contributed by atoms with E-state index in [9.17, 15) is 4.79 Å². The average molecular weight is 261 g/mol. The molecule has 3 nitrogen and oxygen atoms in total. The van der Waals surface area contributed by atoms with Crippen LogP contribution in [0.4, 0.5) is 11.4 Å². The molecule has 18 heavy (non-hydrogen) atoms. The molecule has 2 rings (SSSR count). The van der Waals surface area contributed by atoms with Crippen LogP contribution in [0.25, 0.3) is 0 Å². The van der Waals surface area contributed by atoms with Gasteiger partial charge in [-0.05, 0) is 42.8 Å². The van der Waals surface area contributed by atoms with Gasteiger partial charge in [-0.3, -0.25) is 4.79 Å². The number of rotatable bonds is 2. The van der Waals surface area contributed by atoms with Crippen LogP contribution < -0.4 is 11.1 Å². The maximum Gasteiger partial charge on any atom is 0.255 e. The largest absolute Gasteiger partial charge is 0.399 e. The number of nitrogens with two attached hydrogens (primary N) is 1. The Hall–Kier alpha value is -2.00. The van der Waals surface area contributed by atoms with Gasteiger partial charge in [-0.2, -0.15) is 0 Å². The normalized spacial score (nSPS) is 10.1. The number of aryl methyl sites for hydroxylation is 1. The van der Waals surface area contributed by atoms with Gasteiger partial charge in [0.15, 0.2) is 0 Å². The van der Waals surface area contributed by atoms with E-state index in [0.717, 1.165) is 5.56 Å². The third kappa shape index (κ3) is 2.63. The summed E-state index contributed by atoms with van der Waals surface area (Å²) in [5, 5.41) is 3.29. The van der Waals surface area contributed by atoms with Crippen molar-refractivity contribution in [2.24, 2.45) is 0 Å². The summed E-state index contributed by atoms with van der Waals surface area (Å²) >= 11 is 5.99. The van der Waals surface area contributed by atoms with Gasteiger partial charge in [-0.1, -0.05) is 23.7 Å². The van der Waals surface area contributed by atoms with E-state index in [2.05, 4.69) is 5.32 Å². The highest BCUT2D eigenvalue weighted by molar-refractivity contribution is 6.33. The molecule has 2 aromatic rings. The Kier molecular flexibility index (Phi) is 3.53. The van der Waals surface area contributed by atoms with Gasteiger partial charge in [0, 0.05) is 11.3 Å². The minimum atomic E-state index is -0.194. The Bertz CT molecular complexity index is 596. The van der Waals surface area contributed by atoms with Crippen LogP contribution >= 0.6 is 11.6 Å². The number of halogens is 1. The fourth-order valence-electron chi connectivity index (χ4n) is 1.69. The van der Waals surface area contributed by atoms with E-state index in [-0.39, 0.29) is 5.91 Å². The number of benzene rings is 2. The van der Waals surface area contributed by atoms with Crippen LogP contribution in [0.2, 0.25) is 5.02 Å². The summed E-state index contributed by atoms with van der Waals surface area (Å²) in [4.78, 5) is 12.1. The molecule has 1 amide bonds. The molecule has 0 unspecified atom stereocenters. The highest BCUT2D eigenvalue weighted by atomic mass is 35.5. The van der Waals surface area contributed by atoms with Crippen LogP contribution in [-0.4, -0.2) is 5.91 Å². The van der Waals surface area contributed by atoms with Crippen molar-refractivity contribution in [1.29, 1.82) is 0 Å². The first-order valence-electron chi connectivity index (χ1n) is 5.50. The summed E-state index contributed by atoms with van der Waals surface area (Å²) in [6.07, 6.45) is 0. The van der Waals surface area contributed by atoms with Crippen molar-refractivity contribution in [1.82, 2.24) is 0 Å².